The zero-order chi connectivity index (χ0) is 16.5. The Morgan fingerprint density at radius 3 is 2.62 bits per heavy atom. The molecule has 1 aromatic heterocycles. The lowest BCUT2D eigenvalue weighted by molar-refractivity contribution is -0.137. The highest BCUT2D eigenvalue weighted by Gasteiger charge is 2.29. The van der Waals surface area contributed by atoms with Crippen LogP contribution in [0.1, 0.15) is 38.1 Å². The third-order valence-electron chi connectivity index (χ3n) is 5.38. The quantitative estimate of drug-likeness (QED) is 0.863. The minimum Gasteiger partial charge on any atom is -0.342 e. The van der Waals surface area contributed by atoms with Crippen molar-refractivity contribution in [2.75, 3.05) is 13.1 Å². The molecule has 1 unspecified atom stereocenters. The lowest BCUT2D eigenvalue weighted by atomic mass is 9.92. The van der Waals surface area contributed by atoms with E-state index in [0.29, 0.717) is 5.91 Å². The molecular formula is C19H23N3O2. The molecule has 4 rings (SSSR count). The van der Waals surface area contributed by atoms with Crippen LogP contribution >= 0.6 is 0 Å². The highest BCUT2D eigenvalue weighted by Crippen LogP contribution is 2.27. The van der Waals surface area contributed by atoms with Gasteiger partial charge in [0.2, 0.25) is 5.91 Å². The Bertz CT molecular complexity index is 824. The van der Waals surface area contributed by atoms with Crippen LogP contribution in [0.2, 0.25) is 0 Å². The van der Waals surface area contributed by atoms with Crippen LogP contribution in [-0.2, 0) is 4.79 Å². The first-order chi connectivity index (χ1) is 11.7. The van der Waals surface area contributed by atoms with Crippen LogP contribution in [0.5, 0.6) is 0 Å². The van der Waals surface area contributed by atoms with Gasteiger partial charge in [-0.2, -0.15) is 0 Å². The van der Waals surface area contributed by atoms with Gasteiger partial charge in [-0.25, -0.2) is 4.79 Å². The van der Waals surface area contributed by atoms with Gasteiger partial charge in [0.1, 0.15) is 0 Å². The third-order valence-corrected chi connectivity index (χ3v) is 5.38. The Kier molecular flexibility index (Phi) is 4.00. The number of fused-ring (bicyclic) bond motifs is 1. The van der Waals surface area contributed by atoms with Gasteiger partial charge < -0.3 is 9.88 Å². The Labute approximate surface area is 141 Å². The molecular weight excluding hydrogens is 302 g/mol. The van der Waals surface area contributed by atoms with Crippen molar-refractivity contribution in [1.29, 1.82) is 0 Å². The Balaban J connectivity index is 1.48. The standard InChI is InChI=1S/C19H23N3O2/c23-18(14-6-2-1-3-7-14)21-12-10-15(11-13-21)22-17-9-5-4-8-16(17)20-19(22)24/h1-2,4-5,8-9,14-15H,3,6-7,10-13H2,(H,20,24). The molecule has 24 heavy (non-hydrogen) atoms. The second-order valence-electron chi connectivity index (χ2n) is 6.86. The van der Waals surface area contributed by atoms with E-state index in [9.17, 15) is 9.59 Å². The van der Waals surface area contributed by atoms with Crippen molar-refractivity contribution >= 4 is 16.9 Å². The molecule has 5 heteroatoms. The molecule has 0 radical (unpaired) electrons. The minimum absolute atomic E-state index is 0.0432. The van der Waals surface area contributed by atoms with Gasteiger partial charge in [0.15, 0.2) is 0 Å². The first-order valence-corrected chi connectivity index (χ1v) is 8.87. The van der Waals surface area contributed by atoms with E-state index in [1.165, 1.54) is 0 Å². The van der Waals surface area contributed by atoms with E-state index >= 15 is 0 Å². The van der Waals surface area contributed by atoms with Crippen LogP contribution in [-0.4, -0.2) is 33.4 Å². The number of H-pyrrole nitrogens is 1. The maximum Gasteiger partial charge on any atom is 0.326 e. The second kappa shape index (κ2) is 6.30. The minimum atomic E-state index is -0.0432. The van der Waals surface area contributed by atoms with Crippen molar-refractivity contribution in [2.45, 2.75) is 38.1 Å². The largest absolute Gasteiger partial charge is 0.342 e. The number of carbonyl (C=O) groups is 1. The number of para-hydroxylation sites is 2. The summed E-state index contributed by atoms with van der Waals surface area (Å²) < 4.78 is 1.88. The maximum absolute atomic E-state index is 12.6. The summed E-state index contributed by atoms with van der Waals surface area (Å²) in [7, 11) is 0. The van der Waals surface area contributed by atoms with Gasteiger partial charge in [-0.1, -0.05) is 24.3 Å². The molecule has 5 nitrogen and oxygen atoms in total. The molecule has 0 bridgehead atoms. The summed E-state index contributed by atoms with van der Waals surface area (Å²) in [5.41, 5.74) is 1.80. The molecule has 1 aromatic carbocycles. The van der Waals surface area contributed by atoms with E-state index in [2.05, 4.69) is 17.1 Å². The highest BCUT2D eigenvalue weighted by atomic mass is 16.2. The number of aromatic amines is 1. The normalized spacial score (nSPS) is 22.2. The van der Waals surface area contributed by atoms with E-state index in [-0.39, 0.29) is 17.6 Å². The summed E-state index contributed by atoms with van der Waals surface area (Å²) >= 11 is 0. The van der Waals surface area contributed by atoms with Crippen LogP contribution in [0.25, 0.3) is 11.0 Å². The number of hydrogen-bond donors (Lipinski definition) is 1. The smallest absolute Gasteiger partial charge is 0.326 e. The van der Waals surface area contributed by atoms with Gasteiger partial charge in [-0.15, -0.1) is 0 Å². The molecule has 1 aliphatic heterocycles. The molecule has 2 heterocycles. The summed E-state index contributed by atoms with van der Waals surface area (Å²) in [4.78, 5) is 29.9. The summed E-state index contributed by atoms with van der Waals surface area (Å²) in [6, 6.07) is 7.98. The van der Waals surface area contributed by atoms with Crippen molar-refractivity contribution in [3.8, 4) is 0 Å². The van der Waals surface area contributed by atoms with Gasteiger partial charge in [0, 0.05) is 25.0 Å². The molecule has 2 aliphatic rings. The molecule has 0 saturated carbocycles. The maximum atomic E-state index is 12.6. The average molecular weight is 325 g/mol. The van der Waals surface area contributed by atoms with Gasteiger partial charge in [-0.05, 0) is 44.2 Å². The van der Waals surface area contributed by atoms with Crippen LogP contribution < -0.4 is 5.69 Å². The van der Waals surface area contributed by atoms with Gasteiger partial charge in [-0.3, -0.25) is 9.36 Å². The SMILES string of the molecule is O=C(C1CC=CCC1)N1CCC(n2c(=O)[nH]c3ccccc32)CC1. The predicted octanol–water partition coefficient (Wildman–Crippen LogP) is 2.85. The number of aromatic nitrogens is 2. The number of piperidine rings is 1. The first-order valence-electron chi connectivity index (χ1n) is 8.87. The van der Waals surface area contributed by atoms with Crippen LogP contribution in [0.3, 0.4) is 0 Å². The fourth-order valence-electron chi connectivity index (χ4n) is 4.06. The van der Waals surface area contributed by atoms with Crippen LogP contribution in [0.15, 0.2) is 41.2 Å². The molecule has 1 fully saturated rings. The van der Waals surface area contributed by atoms with Crippen LogP contribution in [0.4, 0.5) is 0 Å². The fraction of sp³-hybridized carbons (Fsp3) is 0.474. The lowest BCUT2D eigenvalue weighted by Crippen LogP contribution is -2.43. The molecule has 1 atom stereocenters. The number of rotatable bonds is 2. The summed E-state index contributed by atoms with van der Waals surface area (Å²) in [6.07, 6.45) is 8.84. The van der Waals surface area contributed by atoms with E-state index in [1.54, 1.807) is 0 Å². The average Bonchev–Trinajstić information content (AvgIpc) is 2.98. The summed E-state index contributed by atoms with van der Waals surface area (Å²) in [5.74, 6) is 0.450. The topological polar surface area (TPSA) is 58.1 Å². The zero-order valence-electron chi connectivity index (χ0n) is 13.8. The molecule has 1 saturated heterocycles. The first kappa shape index (κ1) is 15.2. The molecule has 0 spiro atoms. The van der Waals surface area contributed by atoms with E-state index in [4.69, 9.17) is 0 Å². The van der Waals surface area contributed by atoms with Crippen molar-refractivity contribution in [1.82, 2.24) is 14.5 Å². The summed E-state index contributed by atoms with van der Waals surface area (Å²) in [6.45, 7) is 1.49. The van der Waals surface area contributed by atoms with Gasteiger partial charge in [0.25, 0.3) is 0 Å². The molecule has 126 valence electrons. The second-order valence-corrected chi connectivity index (χ2v) is 6.86. The molecule has 1 aliphatic carbocycles. The number of hydrogen-bond acceptors (Lipinski definition) is 2. The van der Waals surface area contributed by atoms with Gasteiger partial charge in [0.05, 0.1) is 11.0 Å². The number of benzene rings is 1. The number of allylic oxidation sites excluding steroid dienone is 2. The number of carbonyl (C=O) groups excluding carboxylic acids is 1. The number of nitrogens with zero attached hydrogens (tertiary/aromatic N) is 2. The van der Waals surface area contributed by atoms with Gasteiger partial charge >= 0.3 is 5.69 Å². The molecule has 2 aromatic rings. The Morgan fingerprint density at radius 2 is 1.88 bits per heavy atom. The number of imidazole rings is 1. The Hall–Kier alpha value is -2.30. The van der Waals surface area contributed by atoms with Crippen molar-refractivity contribution in [3.63, 3.8) is 0 Å². The monoisotopic (exact) mass is 325 g/mol. The number of likely N-dealkylation sites (tertiary alicyclic amines) is 1. The molecule has 1 amide bonds. The van der Waals surface area contributed by atoms with Crippen LogP contribution in [0, 0.1) is 5.92 Å². The Morgan fingerprint density at radius 1 is 1.08 bits per heavy atom. The number of amides is 1. The summed E-state index contributed by atoms with van der Waals surface area (Å²) in [5, 5.41) is 0. The van der Waals surface area contributed by atoms with Crippen molar-refractivity contribution < 1.29 is 4.79 Å². The lowest BCUT2D eigenvalue weighted by Gasteiger charge is -2.35. The molecule has 1 N–H and O–H groups in total. The van der Waals surface area contributed by atoms with Crippen molar-refractivity contribution in [2.24, 2.45) is 5.92 Å². The number of nitrogens with one attached hydrogen (secondary N) is 1. The third kappa shape index (κ3) is 2.68. The highest BCUT2D eigenvalue weighted by molar-refractivity contribution is 5.79. The predicted molar refractivity (Wildman–Crippen MR) is 93.9 cm³/mol. The zero-order valence-corrected chi connectivity index (χ0v) is 13.8. The van der Waals surface area contributed by atoms with E-state index < -0.39 is 0 Å². The van der Waals surface area contributed by atoms with E-state index in [0.717, 1.165) is 56.2 Å². The van der Waals surface area contributed by atoms with E-state index in [1.807, 2.05) is 33.7 Å². The fourth-order valence-corrected chi connectivity index (χ4v) is 4.06. The van der Waals surface area contributed by atoms with Crippen molar-refractivity contribution in [3.05, 3.63) is 46.9 Å².